The third-order valence-electron chi connectivity index (χ3n) is 4.75. The van der Waals surface area contributed by atoms with Crippen LogP contribution in [0.2, 0.25) is 0 Å². The van der Waals surface area contributed by atoms with Crippen LogP contribution in [-0.4, -0.2) is 17.1 Å². The van der Waals surface area contributed by atoms with Crippen LogP contribution in [0.4, 0.5) is 0 Å². The molecule has 0 unspecified atom stereocenters. The van der Waals surface area contributed by atoms with Gasteiger partial charge in [0.25, 0.3) is 0 Å². The van der Waals surface area contributed by atoms with Crippen LogP contribution in [0.25, 0.3) is 10.9 Å². The van der Waals surface area contributed by atoms with Crippen molar-refractivity contribution in [2.45, 2.75) is 46.1 Å². The number of nitrogens with zero attached hydrogens (tertiary/aromatic N) is 1. The summed E-state index contributed by atoms with van der Waals surface area (Å²) in [6.45, 7) is 7.53. The first kappa shape index (κ1) is 18.2. The fraction of sp³-hybridized carbons (Fsp3) is 0.348. The van der Waals surface area contributed by atoms with Crippen LogP contribution in [0.15, 0.2) is 54.7 Å². The number of carbonyl (C=O) groups is 1. The number of benzene rings is 2. The van der Waals surface area contributed by atoms with Crippen molar-refractivity contribution in [3.63, 3.8) is 0 Å². The molecule has 0 amide bonds. The van der Waals surface area contributed by atoms with E-state index in [4.69, 9.17) is 4.74 Å². The van der Waals surface area contributed by atoms with Gasteiger partial charge in [-0.15, -0.1) is 0 Å². The monoisotopic (exact) mass is 349 g/mol. The fourth-order valence-corrected chi connectivity index (χ4v) is 3.33. The minimum Gasteiger partial charge on any atom is -0.466 e. The zero-order valence-corrected chi connectivity index (χ0v) is 15.9. The number of ether oxygens (including phenoxy) is 1. The van der Waals surface area contributed by atoms with Crippen LogP contribution in [0.5, 0.6) is 0 Å². The van der Waals surface area contributed by atoms with Gasteiger partial charge in [0.05, 0.1) is 6.61 Å². The summed E-state index contributed by atoms with van der Waals surface area (Å²) in [6, 6.07) is 17.2. The second kappa shape index (κ2) is 8.22. The molecule has 0 bridgehead atoms. The molecule has 26 heavy (non-hydrogen) atoms. The van der Waals surface area contributed by atoms with Crippen LogP contribution in [0, 0.1) is 0 Å². The molecule has 0 aliphatic heterocycles. The average Bonchev–Trinajstić information content (AvgIpc) is 2.98. The van der Waals surface area contributed by atoms with E-state index in [0.717, 1.165) is 6.54 Å². The molecule has 3 nitrogen and oxygen atoms in total. The number of esters is 1. The minimum atomic E-state index is -0.128. The number of rotatable bonds is 7. The lowest BCUT2D eigenvalue weighted by Crippen LogP contribution is -2.05. The van der Waals surface area contributed by atoms with E-state index >= 15 is 0 Å². The van der Waals surface area contributed by atoms with E-state index in [2.05, 4.69) is 67.1 Å². The lowest BCUT2D eigenvalue weighted by molar-refractivity contribution is -0.143. The van der Waals surface area contributed by atoms with Crippen molar-refractivity contribution in [2.75, 3.05) is 6.61 Å². The van der Waals surface area contributed by atoms with Crippen molar-refractivity contribution in [1.29, 1.82) is 0 Å². The van der Waals surface area contributed by atoms with E-state index in [1.807, 2.05) is 13.0 Å². The van der Waals surface area contributed by atoms with Crippen LogP contribution >= 0.6 is 0 Å². The number of fused-ring (bicyclic) bond motifs is 1. The first-order valence-corrected chi connectivity index (χ1v) is 9.39. The highest BCUT2D eigenvalue weighted by Crippen LogP contribution is 2.27. The van der Waals surface area contributed by atoms with Gasteiger partial charge in [-0.2, -0.15) is 0 Å². The summed E-state index contributed by atoms with van der Waals surface area (Å²) in [5.41, 5.74) is 5.03. The molecule has 0 aliphatic carbocycles. The van der Waals surface area contributed by atoms with Gasteiger partial charge in [0.2, 0.25) is 0 Å². The second-order valence-electron chi connectivity index (χ2n) is 7.00. The van der Waals surface area contributed by atoms with Crippen molar-refractivity contribution in [2.24, 2.45) is 0 Å². The van der Waals surface area contributed by atoms with E-state index in [1.165, 1.54) is 27.6 Å². The largest absolute Gasteiger partial charge is 0.466 e. The lowest BCUT2D eigenvalue weighted by atomic mass is 9.99. The summed E-state index contributed by atoms with van der Waals surface area (Å²) in [7, 11) is 0. The highest BCUT2D eigenvalue weighted by Gasteiger charge is 2.13. The number of hydrogen-bond donors (Lipinski definition) is 0. The maximum Gasteiger partial charge on any atom is 0.306 e. The Bertz CT molecular complexity index is 878. The van der Waals surface area contributed by atoms with Gasteiger partial charge in [0, 0.05) is 30.1 Å². The van der Waals surface area contributed by atoms with Gasteiger partial charge in [-0.3, -0.25) is 4.79 Å². The summed E-state index contributed by atoms with van der Waals surface area (Å²) in [6.07, 6.45) is 3.32. The summed E-state index contributed by atoms with van der Waals surface area (Å²) in [5, 5.41) is 1.25. The topological polar surface area (TPSA) is 31.2 Å². The first-order valence-electron chi connectivity index (χ1n) is 9.39. The highest BCUT2D eigenvalue weighted by atomic mass is 16.5. The quantitative estimate of drug-likeness (QED) is 0.541. The molecule has 3 rings (SSSR count). The Kier molecular flexibility index (Phi) is 5.77. The van der Waals surface area contributed by atoms with Gasteiger partial charge in [0.1, 0.15) is 0 Å². The van der Waals surface area contributed by atoms with Gasteiger partial charge >= 0.3 is 5.97 Å². The van der Waals surface area contributed by atoms with Crippen molar-refractivity contribution in [1.82, 2.24) is 4.57 Å². The summed E-state index contributed by atoms with van der Waals surface area (Å²) >= 11 is 0. The fourth-order valence-electron chi connectivity index (χ4n) is 3.33. The highest BCUT2D eigenvalue weighted by molar-refractivity contribution is 5.85. The van der Waals surface area contributed by atoms with Gasteiger partial charge in [-0.1, -0.05) is 50.2 Å². The Balaban J connectivity index is 1.95. The Hall–Kier alpha value is -2.55. The number of carbonyl (C=O) groups excluding carboxylic acids is 1. The zero-order valence-electron chi connectivity index (χ0n) is 15.9. The first-order chi connectivity index (χ1) is 12.6. The summed E-state index contributed by atoms with van der Waals surface area (Å²) in [4.78, 5) is 11.8. The Morgan fingerprint density at radius 1 is 1.12 bits per heavy atom. The molecule has 0 saturated carbocycles. The molecule has 0 atom stereocenters. The van der Waals surface area contributed by atoms with Crippen molar-refractivity contribution in [3.05, 3.63) is 71.4 Å². The number of aromatic nitrogens is 1. The van der Waals surface area contributed by atoms with Crippen LogP contribution in [-0.2, 0) is 22.5 Å². The molecule has 1 aromatic heterocycles. The molecule has 2 aromatic carbocycles. The van der Waals surface area contributed by atoms with E-state index in [9.17, 15) is 4.79 Å². The van der Waals surface area contributed by atoms with Gasteiger partial charge in [-0.05, 0) is 48.1 Å². The van der Waals surface area contributed by atoms with Gasteiger partial charge in [0.15, 0.2) is 0 Å². The molecular weight excluding hydrogens is 322 g/mol. The average molecular weight is 349 g/mol. The normalized spacial score (nSPS) is 11.2. The van der Waals surface area contributed by atoms with Gasteiger partial charge in [-0.25, -0.2) is 0 Å². The predicted molar refractivity (Wildman–Crippen MR) is 107 cm³/mol. The third-order valence-corrected chi connectivity index (χ3v) is 4.75. The number of hydrogen-bond acceptors (Lipinski definition) is 2. The molecule has 0 saturated heterocycles. The second-order valence-corrected chi connectivity index (χ2v) is 7.00. The molecule has 3 aromatic rings. The van der Waals surface area contributed by atoms with E-state index in [1.54, 1.807) is 0 Å². The van der Waals surface area contributed by atoms with Crippen molar-refractivity contribution >= 4 is 16.9 Å². The smallest absolute Gasteiger partial charge is 0.306 e. The predicted octanol–water partition coefficient (Wildman–Crippen LogP) is 5.31. The molecule has 0 aliphatic rings. The Labute approximate surface area is 155 Å². The lowest BCUT2D eigenvalue weighted by Gasteiger charge is -2.08. The van der Waals surface area contributed by atoms with Crippen LogP contribution in [0.1, 0.15) is 49.8 Å². The van der Waals surface area contributed by atoms with E-state index in [0.29, 0.717) is 25.4 Å². The molecule has 136 valence electrons. The minimum absolute atomic E-state index is 0.128. The summed E-state index contributed by atoms with van der Waals surface area (Å²) < 4.78 is 7.38. The summed E-state index contributed by atoms with van der Waals surface area (Å²) in [5.74, 6) is 0.353. The Morgan fingerprint density at radius 3 is 2.58 bits per heavy atom. The number of aryl methyl sites for hydroxylation is 1. The standard InChI is InChI=1S/C23H27NO2/c1-4-26-23(25)13-11-20-16-24(15-18-8-6-5-7-9-18)22-12-10-19(17(2)3)14-21(20)22/h5-10,12,14,16-17H,4,11,13,15H2,1-3H3. The van der Waals surface area contributed by atoms with E-state index in [-0.39, 0.29) is 5.97 Å². The third kappa shape index (κ3) is 4.16. The Morgan fingerprint density at radius 2 is 1.88 bits per heavy atom. The zero-order chi connectivity index (χ0) is 18.5. The van der Waals surface area contributed by atoms with Gasteiger partial charge < -0.3 is 9.30 Å². The molecule has 1 heterocycles. The molecular formula is C23H27NO2. The molecule has 0 fully saturated rings. The van der Waals surface area contributed by atoms with Crippen LogP contribution < -0.4 is 0 Å². The van der Waals surface area contributed by atoms with E-state index < -0.39 is 0 Å². The maximum absolute atomic E-state index is 11.8. The van der Waals surface area contributed by atoms with Crippen LogP contribution in [0.3, 0.4) is 0 Å². The molecule has 0 spiro atoms. The molecule has 0 N–H and O–H groups in total. The van der Waals surface area contributed by atoms with Crippen molar-refractivity contribution < 1.29 is 9.53 Å². The molecule has 0 radical (unpaired) electrons. The SMILES string of the molecule is CCOC(=O)CCc1cn(Cc2ccccc2)c2ccc(C(C)C)cc12. The van der Waals surface area contributed by atoms with Crippen molar-refractivity contribution in [3.8, 4) is 0 Å². The molecule has 3 heteroatoms. The maximum atomic E-state index is 11.8.